The minimum Gasteiger partial charge on any atom is -0.449 e. The molecule has 0 radical (unpaired) electrons. The Morgan fingerprint density at radius 3 is 2.13 bits per heavy atom. The van der Waals surface area contributed by atoms with Gasteiger partial charge >= 0.3 is 6.09 Å². The van der Waals surface area contributed by atoms with E-state index in [2.05, 4.69) is 10.6 Å². The molecule has 10 nitrogen and oxygen atoms in total. The molecule has 2 saturated carbocycles. The fraction of sp³-hybridized carbons (Fsp3) is 0.821. The van der Waals surface area contributed by atoms with Crippen LogP contribution in [0, 0.1) is 29.6 Å². The van der Waals surface area contributed by atoms with Crippen LogP contribution in [0.5, 0.6) is 0 Å². The highest BCUT2D eigenvalue weighted by molar-refractivity contribution is 6.37. The largest absolute Gasteiger partial charge is 0.449 e. The fourth-order valence-corrected chi connectivity index (χ4v) is 5.88. The van der Waals surface area contributed by atoms with Crippen LogP contribution >= 0.6 is 0 Å². The molecule has 0 aromatic rings. The highest BCUT2D eigenvalue weighted by Gasteiger charge is 2.47. The molecule has 1 saturated heterocycles. The molecule has 3 rings (SSSR count). The molecule has 10 heteroatoms. The zero-order valence-electron chi connectivity index (χ0n) is 23.4. The van der Waals surface area contributed by atoms with Crippen molar-refractivity contribution in [2.24, 2.45) is 35.3 Å². The predicted molar refractivity (Wildman–Crippen MR) is 142 cm³/mol. The number of nitrogens with zero attached hydrogens (tertiary/aromatic N) is 1. The van der Waals surface area contributed by atoms with Crippen molar-refractivity contribution in [2.45, 2.75) is 104 Å². The van der Waals surface area contributed by atoms with E-state index >= 15 is 0 Å². The number of ether oxygens (including phenoxy) is 1. The van der Waals surface area contributed by atoms with E-state index in [1.54, 1.807) is 4.90 Å². The number of likely N-dealkylation sites (tertiary alicyclic amines) is 1. The second-order valence-electron chi connectivity index (χ2n) is 12.2. The first-order valence-electron chi connectivity index (χ1n) is 14.4. The molecule has 0 bridgehead atoms. The molecule has 3 fully saturated rings. The number of rotatable bonds is 12. The van der Waals surface area contributed by atoms with Crippen molar-refractivity contribution in [1.29, 1.82) is 0 Å². The molecule has 4 atom stereocenters. The number of carbonyl (C=O) groups is 5. The lowest BCUT2D eigenvalue weighted by Crippen LogP contribution is -2.59. The number of primary amides is 1. The molecule has 2 unspecified atom stereocenters. The highest BCUT2D eigenvalue weighted by Crippen LogP contribution is 2.36. The Labute approximate surface area is 226 Å². The number of ketones is 1. The summed E-state index contributed by atoms with van der Waals surface area (Å²) in [5.74, 6) is -2.23. The molecule has 4 amide bonds. The lowest BCUT2D eigenvalue weighted by Gasteiger charge is -2.36. The first-order chi connectivity index (χ1) is 18.0. The Morgan fingerprint density at radius 2 is 1.58 bits per heavy atom. The number of nitrogens with one attached hydrogen (secondary N) is 2. The lowest BCUT2D eigenvalue weighted by atomic mass is 9.83. The standard InChI is InChI=1S/C28H46N4O6/c1-16(2)15-38-28(37)31-22(19-8-6-5-7-9-19)27(36)32-13-12-20(17(3)4)23(32)26(35)30-21(14-18-10-11-18)24(33)25(29)34/h16-23H,5-15H2,1-4H3,(H2,29,34)(H,30,35)(H,31,37)/t20-,21?,22?,23+/m1/s1. The molecule has 3 aliphatic rings. The van der Waals surface area contributed by atoms with Crippen molar-refractivity contribution in [3.8, 4) is 0 Å². The van der Waals surface area contributed by atoms with Gasteiger partial charge in [-0.15, -0.1) is 0 Å². The second-order valence-corrected chi connectivity index (χ2v) is 12.2. The second kappa shape index (κ2) is 13.4. The van der Waals surface area contributed by atoms with E-state index in [1.807, 2.05) is 27.7 Å². The normalized spacial score (nSPS) is 23.7. The van der Waals surface area contributed by atoms with Gasteiger partial charge in [-0.1, -0.05) is 59.8 Å². The van der Waals surface area contributed by atoms with Crippen LogP contribution in [0.15, 0.2) is 0 Å². The first-order valence-corrected chi connectivity index (χ1v) is 14.4. The van der Waals surface area contributed by atoms with Crippen LogP contribution in [0.4, 0.5) is 4.79 Å². The van der Waals surface area contributed by atoms with Gasteiger partial charge in [-0.25, -0.2) is 4.79 Å². The first kappa shape index (κ1) is 29.9. The number of alkyl carbamates (subject to hydrolysis) is 1. The van der Waals surface area contributed by atoms with Gasteiger partial charge in [-0.2, -0.15) is 0 Å². The van der Waals surface area contributed by atoms with Crippen LogP contribution in [0.1, 0.15) is 85.5 Å². The van der Waals surface area contributed by atoms with Gasteiger partial charge < -0.3 is 26.0 Å². The Morgan fingerprint density at radius 1 is 0.921 bits per heavy atom. The molecule has 1 aliphatic heterocycles. The van der Waals surface area contributed by atoms with Gasteiger partial charge in [0.25, 0.3) is 5.91 Å². The van der Waals surface area contributed by atoms with Gasteiger partial charge in [0.2, 0.25) is 17.6 Å². The number of carbonyl (C=O) groups excluding carboxylic acids is 5. The van der Waals surface area contributed by atoms with Crippen molar-refractivity contribution < 1.29 is 28.7 Å². The van der Waals surface area contributed by atoms with E-state index in [4.69, 9.17) is 10.5 Å². The number of nitrogens with two attached hydrogens (primary N) is 1. The highest BCUT2D eigenvalue weighted by atomic mass is 16.5. The molecular weight excluding hydrogens is 488 g/mol. The molecular formula is C28H46N4O6. The summed E-state index contributed by atoms with van der Waals surface area (Å²) in [4.78, 5) is 66.1. The van der Waals surface area contributed by atoms with Crippen molar-refractivity contribution in [1.82, 2.24) is 15.5 Å². The van der Waals surface area contributed by atoms with Gasteiger partial charge in [-0.05, 0) is 55.3 Å². The van der Waals surface area contributed by atoms with Crippen LogP contribution in [0.3, 0.4) is 0 Å². The van der Waals surface area contributed by atoms with E-state index < -0.39 is 41.8 Å². The molecule has 0 spiro atoms. The van der Waals surface area contributed by atoms with Gasteiger partial charge in [0.1, 0.15) is 12.1 Å². The monoisotopic (exact) mass is 534 g/mol. The van der Waals surface area contributed by atoms with Crippen molar-refractivity contribution in [3.63, 3.8) is 0 Å². The van der Waals surface area contributed by atoms with Gasteiger partial charge in [0.05, 0.1) is 12.6 Å². The average molecular weight is 535 g/mol. The van der Waals surface area contributed by atoms with Crippen LogP contribution in [0.25, 0.3) is 0 Å². The summed E-state index contributed by atoms with van der Waals surface area (Å²) < 4.78 is 5.33. The summed E-state index contributed by atoms with van der Waals surface area (Å²) in [6, 6.07) is -2.58. The Hall–Kier alpha value is -2.65. The third kappa shape index (κ3) is 7.93. The van der Waals surface area contributed by atoms with Crippen LogP contribution in [-0.4, -0.2) is 65.8 Å². The maximum Gasteiger partial charge on any atom is 0.407 e. The van der Waals surface area contributed by atoms with Crippen LogP contribution < -0.4 is 16.4 Å². The third-order valence-electron chi connectivity index (χ3n) is 8.20. The summed E-state index contributed by atoms with van der Waals surface area (Å²) in [6.45, 7) is 8.53. The fourth-order valence-electron chi connectivity index (χ4n) is 5.88. The minimum atomic E-state index is -1.07. The average Bonchev–Trinajstić information content (AvgIpc) is 3.58. The van der Waals surface area contributed by atoms with Crippen LogP contribution in [0.2, 0.25) is 0 Å². The summed E-state index contributed by atoms with van der Waals surface area (Å²) in [6.07, 6.45) is 6.95. The van der Waals surface area contributed by atoms with Gasteiger partial charge in [0.15, 0.2) is 0 Å². The lowest BCUT2D eigenvalue weighted by molar-refractivity contribution is -0.144. The predicted octanol–water partition coefficient (Wildman–Crippen LogP) is 2.53. The van der Waals surface area contributed by atoms with E-state index in [0.717, 1.165) is 44.9 Å². The van der Waals surface area contributed by atoms with Crippen molar-refractivity contribution in [3.05, 3.63) is 0 Å². The topological polar surface area (TPSA) is 148 Å². The Kier molecular flexibility index (Phi) is 10.6. The molecule has 0 aromatic heterocycles. The SMILES string of the molecule is CC(C)COC(=O)NC(C(=O)N1CC[C@H](C(C)C)[C@H]1C(=O)NC(CC1CC1)C(=O)C(N)=O)C1CCCCC1. The van der Waals surface area contributed by atoms with E-state index in [1.165, 1.54) is 0 Å². The summed E-state index contributed by atoms with van der Waals surface area (Å²) in [7, 11) is 0. The quantitative estimate of drug-likeness (QED) is 0.328. The Bertz CT molecular complexity index is 881. The molecule has 4 N–H and O–H groups in total. The minimum absolute atomic E-state index is 0.0382. The summed E-state index contributed by atoms with van der Waals surface area (Å²) in [5, 5.41) is 5.61. The van der Waals surface area contributed by atoms with Crippen molar-refractivity contribution >= 4 is 29.6 Å². The van der Waals surface area contributed by atoms with Crippen molar-refractivity contribution in [2.75, 3.05) is 13.2 Å². The Balaban J connectivity index is 1.82. The molecule has 2 aliphatic carbocycles. The number of amides is 4. The van der Waals surface area contributed by atoms with E-state index in [0.29, 0.717) is 19.4 Å². The van der Waals surface area contributed by atoms with Crippen LogP contribution in [-0.2, 0) is 23.9 Å². The molecule has 0 aromatic carbocycles. The zero-order chi connectivity index (χ0) is 28.0. The zero-order valence-corrected chi connectivity index (χ0v) is 23.4. The van der Waals surface area contributed by atoms with E-state index in [-0.39, 0.29) is 42.1 Å². The smallest absolute Gasteiger partial charge is 0.407 e. The van der Waals surface area contributed by atoms with Gasteiger partial charge in [-0.3, -0.25) is 19.2 Å². The maximum absolute atomic E-state index is 14.1. The summed E-state index contributed by atoms with van der Waals surface area (Å²) >= 11 is 0. The number of hydrogen-bond donors (Lipinski definition) is 3. The summed E-state index contributed by atoms with van der Waals surface area (Å²) in [5.41, 5.74) is 5.27. The van der Waals surface area contributed by atoms with Gasteiger partial charge in [0, 0.05) is 6.54 Å². The number of Topliss-reactive ketones (excluding diaryl/α,β-unsaturated/α-hetero) is 1. The maximum atomic E-state index is 14.1. The molecule has 1 heterocycles. The molecule has 214 valence electrons. The van der Waals surface area contributed by atoms with E-state index in [9.17, 15) is 24.0 Å². The third-order valence-corrected chi connectivity index (χ3v) is 8.20. The molecule has 38 heavy (non-hydrogen) atoms. The number of hydrogen-bond acceptors (Lipinski definition) is 6.